The van der Waals surface area contributed by atoms with E-state index < -0.39 is 16.0 Å². The summed E-state index contributed by atoms with van der Waals surface area (Å²) in [6.45, 7) is 2.15. The van der Waals surface area contributed by atoms with Crippen molar-refractivity contribution in [3.8, 4) is 0 Å². The molecule has 33 heavy (non-hydrogen) atoms. The molecule has 0 unspecified atom stereocenters. The molecule has 1 aromatic heterocycles. The molecule has 2 heterocycles. The summed E-state index contributed by atoms with van der Waals surface area (Å²) in [6.07, 6.45) is 1.44. The number of methoxy groups -OCH3 is 2. The highest BCUT2D eigenvalue weighted by atomic mass is 79.9. The molecule has 0 saturated heterocycles. The standard InChI is InChI=1S/C22H23BrN2O7S/c1-14-20(22(27)31-3)19(21(26)25(14)10-11-30-2)12-16-6-7-17(32-16)13-24-33(28,29)18-8-4-15(23)5-9-18/h4-9,12,24H,10-11,13H2,1-3H3/b19-12-. The molecule has 0 atom stereocenters. The summed E-state index contributed by atoms with van der Waals surface area (Å²) in [5.41, 5.74) is 0.739. The quantitative estimate of drug-likeness (QED) is 0.385. The van der Waals surface area contributed by atoms with E-state index in [1.54, 1.807) is 31.2 Å². The van der Waals surface area contributed by atoms with Crippen LogP contribution in [0.2, 0.25) is 0 Å². The Morgan fingerprint density at radius 3 is 2.52 bits per heavy atom. The van der Waals surface area contributed by atoms with E-state index >= 15 is 0 Å². The molecular weight excluding hydrogens is 516 g/mol. The van der Waals surface area contributed by atoms with E-state index in [-0.39, 0.29) is 35.0 Å². The lowest BCUT2D eigenvalue weighted by Gasteiger charge is -2.16. The number of rotatable bonds is 9. The van der Waals surface area contributed by atoms with Crippen molar-refractivity contribution in [3.63, 3.8) is 0 Å². The van der Waals surface area contributed by atoms with Gasteiger partial charge in [-0.05, 0) is 49.4 Å². The number of carbonyl (C=O) groups excluding carboxylic acids is 2. The molecule has 0 saturated carbocycles. The monoisotopic (exact) mass is 538 g/mol. The van der Waals surface area contributed by atoms with Crippen LogP contribution >= 0.6 is 15.9 Å². The van der Waals surface area contributed by atoms with Crippen LogP contribution < -0.4 is 4.72 Å². The normalized spacial score (nSPS) is 15.6. The maximum absolute atomic E-state index is 12.9. The third-order valence-corrected chi connectivity index (χ3v) is 6.90. The van der Waals surface area contributed by atoms with Gasteiger partial charge in [0.2, 0.25) is 10.0 Å². The zero-order valence-corrected chi connectivity index (χ0v) is 20.7. The third kappa shape index (κ3) is 5.61. The van der Waals surface area contributed by atoms with Crippen molar-refractivity contribution in [1.82, 2.24) is 9.62 Å². The van der Waals surface area contributed by atoms with Crippen molar-refractivity contribution < 1.29 is 31.9 Å². The Bertz CT molecular complexity index is 1210. The number of furan rings is 1. The van der Waals surface area contributed by atoms with Crippen molar-refractivity contribution in [2.24, 2.45) is 0 Å². The van der Waals surface area contributed by atoms with Crippen molar-refractivity contribution in [2.45, 2.75) is 18.4 Å². The Morgan fingerprint density at radius 2 is 1.88 bits per heavy atom. The summed E-state index contributed by atoms with van der Waals surface area (Å²) >= 11 is 3.27. The molecule has 176 valence electrons. The van der Waals surface area contributed by atoms with Crippen LogP contribution in [-0.4, -0.2) is 52.6 Å². The fraction of sp³-hybridized carbons (Fsp3) is 0.273. The largest absolute Gasteiger partial charge is 0.465 e. The SMILES string of the molecule is COCCN1C(=O)/C(=C\c2ccc(CNS(=O)(=O)c3ccc(Br)cc3)o2)C(C(=O)OC)=C1C. The van der Waals surface area contributed by atoms with E-state index in [1.807, 2.05) is 0 Å². The molecule has 0 aliphatic carbocycles. The average molecular weight is 539 g/mol. The van der Waals surface area contributed by atoms with Crippen LogP contribution in [0.3, 0.4) is 0 Å². The number of hydrogen-bond acceptors (Lipinski definition) is 7. The molecule has 2 aromatic rings. The summed E-state index contributed by atoms with van der Waals surface area (Å²) in [4.78, 5) is 26.8. The molecule has 9 nitrogen and oxygen atoms in total. The number of nitrogens with zero attached hydrogens (tertiary/aromatic N) is 1. The molecule has 0 fully saturated rings. The van der Waals surface area contributed by atoms with Crippen LogP contribution in [0.25, 0.3) is 6.08 Å². The molecule has 11 heteroatoms. The first-order valence-electron chi connectivity index (χ1n) is 9.84. The van der Waals surface area contributed by atoms with Gasteiger partial charge in [-0.1, -0.05) is 15.9 Å². The number of allylic oxidation sites excluding steroid dienone is 1. The zero-order chi connectivity index (χ0) is 24.2. The molecule has 1 aromatic carbocycles. The lowest BCUT2D eigenvalue weighted by Crippen LogP contribution is -2.28. The number of amides is 1. The second-order valence-electron chi connectivity index (χ2n) is 7.04. The molecule has 0 spiro atoms. The highest BCUT2D eigenvalue weighted by molar-refractivity contribution is 9.10. The number of benzene rings is 1. The lowest BCUT2D eigenvalue weighted by molar-refractivity contribution is -0.136. The second-order valence-corrected chi connectivity index (χ2v) is 9.72. The third-order valence-electron chi connectivity index (χ3n) is 4.95. The molecule has 0 bridgehead atoms. The van der Waals surface area contributed by atoms with Crippen molar-refractivity contribution in [2.75, 3.05) is 27.4 Å². The molecule has 0 radical (unpaired) electrons. The minimum atomic E-state index is -3.73. The van der Waals surface area contributed by atoms with Crippen LogP contribution in [0, 0.1) is 0 Å². The number of sulfonamides is 1. The van der Waals surface area contributed by atoms with E-state index in [1.165, 1.54) is 37.3 Å². The van der Waals surface area contributed by atoms with E-state index in [0.717, 1.165) is 4.47 Å². The number of nitrogens with one attached hydrogen (secondary N) is 1. The van der Waals surface area contributed by atoms with Crippen molar-refractivity contribution in [1.29, 1.82) is 0 Å². The van der Waals surface area contributed by atoms with E-state index in [0.29, 0.717) is 23.8 Å². The van der Waals surface area contributed by atoms with Gasteiger partial charge in [0.25, 0.3) is 5.91 Å². The van der Waals surface area contributed by atoms with Gasteiger partial charge in [-0.3, -0.25) is 4.79 Å². The number of hydrogen-bond donors (Lipinski definition) is 1. The Hall–Kier alpha value is -2.73. The average Bonchev–Trinajstić information content (AvgIpc) is 3.33. The van der Waals surface area contributed by atoms with Gasteiger partial charge in [0.05, 0.1) is 36.3 Å². The Balaban J connectivity index is 1.80. The van der Waals surface area contributed by atoms with Crippen LogP contribution in [0.5, 0.6) is 0 Å². The number of halogens is 1. The van der Waals surface area contributed by atoms with Gasteiger partial charge in [-0.2, -0.15) is 0 Å². The Morgan fingerprint density at radius 1 is 1.18 bits per heavy atom. The van der Waals surface area contributed by atoms with Gasteiger partial charge in [0.15, 0.2) is 0 Å². The second kappa shape index (κ2) is 10.5. The highest BCUT2D eigenvalue weighted by Crippen LogP contribution is 2.31. The van der Waals surface area contributed by atoms with Crippen molar-refractivity contribution in [3.05, 3.63) is 69.2 Å². The van der Waals surface area contributed by atoms with E-state index in [4.69, 9.17) is 13.9 Å². The van der Waals surface area contributed by atoms with Crippen LogP contribution in [0.1, 0.15) is 18.4 Å². The van der Waals surface area contributed by atoms with Gasteiger partial charge >= 0.3 is 5.97 Å². The minimum absolute atomic E-state index is 0.0891. The summed E-state index contributed by atoms with van der Waals surface area (Å²) in [5.74, 6) is -0.386. The van der Waals surface area contributed by atoms with Gasteiger partial charge in [-0.25, -0.2) is 17.9 Å². The molecular formula is C22H23BrN2O7S. The number of ether oxygens (including phenoxy) is 2. The van der Waals surface area contributed by atoms with Crippen molar-refractivity contribution >= 4 is 43.9 Å². The Labute approximate surface area is 200 Å². The zero-order valence-electron chi connectivity index (χ0n) is 18.3. The summed E-state index contributed by atoms with van der Waals surface area (Å²) in [7, 11) is -0.970. The molecule has 3 rings (SSSR count). The summed E-state index contributed by atoms with van der Waals surface area (Å²) in [6, 6.07) is 9.41. The molecule has 1 amide bonds. The topological polar surface area (TPSA) is 115 Å². The van der Waals surface area contributed by atoms with Gasteiger partial charge in [0.1, 0.15) is 11.5 Å². The first kappa shape index (κ1) is 24.9. The number of esters is 1. The Kier molecular flexibility index (Phi) is 7.90. The van der Waals surface area contributed by atoms with Crippen LogP contribution in [0.15, 0.2) is 67.0 Å². The maximum atomic E-state index is 12.9. The summed E-state index contributed by atoms with van der Waals surface area (Å²) < 4.78 is 43.7. The van der Waals surface area contributed by atoms with Gasteiger partial charge in [0, 0.05) is 23.8 Å². The first-order valence-corrected chi connectivity index (χ1v) is 12.1. The first-order chi connectivity index (χ1) is 15.7. The summed E-state index contributed by atoms with van der Waals surface area (Å²) in [5, 5.41) is 0. The highest BCUT2D eigenvalue weighted by Gasteiger charge is 2.37. The smallest absolute Gasteiger partial charge is 0.340 e. The van der Waals surface area contributed by atoms with Crippen LogP contribution in [-0.2, 0) is 35.6 Å². The fourth-order valence-corrected chi connectivity index (χ4v) is 4.51. The van der Waals surface area contributed by atoms with Crippen LogP contribution in [0.4, 0.5) is 0 Å². The fourth-order valence-electron chi connectivity index (χ4n) is 3.25. The lowest BCUT2D eigenvalue weighted by atomic mass is 10.1. The van der Waals surface area contributed by atoms with E-state index in [2.05, 4.69) is 20.7 Å². The predicted molar refractivity (Wildman–Crippen MR) is 123 cm³/mol. The van der Waals surface area contributed by atoms with Gasteiger partial charge in [-0.15, -0.1) is 0 Å². The molecule has 1 aliphatic heterocycles. The predicted octanol–water partition coefficient (Wildman–Crippen LogP) is 2.84. The minimum Gasteiger partial charge on any atom is -0.465 e. The molecule has 1 aliphatic rings. The maximum Gasteiger partial charge on any atom is 0.340 e. The molecule has 1 N–H and O–H groups in total. The number of carbonyl (C=O) groups is 2. The van der Waals surface area contributed by atoms with Gasteiger partial charge < -0.3 is 18.8 Å². The van der Waals surface area contributed by atoms with E-state index in [9.17, 15) is 18.0 Å².